The predicted octanol–water partition coefficient (Wildman–Crippen LogP) is 3.98. The Morgan fingerprint density at radius 1 is 1.16 bits per heavy atom. The van der Waals surface area contributed by atoms with Gasteiger partial charge >= 0.3 is 0 Å². The van der Waals surface area contributed by atoms with Crippen molar-refractivity contribution < 1.29 is 9.18 Å². The number of halogens is 1. The van der Waals surface area contributed by atoms with Crippen molar-refractivity contribution in [1.82, 2.24) is 15.3 Å². The Labute approximate surface area is 146 Å². The molecule has 6 heteroatoms. The summed E-state index contributed by atoms with van der Waals surface area (Å²) in [5.41, 5.74) is 2.38. The molecular formula is C19H21FN4O. The van der Waals surface area contributed by atoms with Crippen molar-refractivity contribution in [2.75, 3.05) is 11.9 Å². The Hall–Kier alpha value is -2.76. The van der Waals surface area contributed by atoms with E-state index in [9.17, 15) is 9.18 Å². The molecule has 2 aromatic rings. The molecule has 3 rings (SSSR count). The zero-order valence-corrected chi connectivity index (χ0v) is 14.0. The number of amides is 1. The first kappa shape index (κ1) is 17.1. The molecule has 25 heavy (non-hydrogen) atoms. The van der Waals surface area contributed by atoms with Crippen LogP contribution in [-0.2, 0) is 0 Å². The average molecular weight is 340 g/mol. The minimum absolute atomic E-state index is 0.221. The van der Waals surface area contributed by atoms with Crippen LogP contribution in [0.3, 0.4) is 0 Å². The van der Waals surface area contributed by atoms with Crippen molar-refractivity contribution >= 4 is 17.5 Å². The lowest BCUT2D eigenvalue weighted by molar-refractivity contribution is 0.0949. The van der Waals surface area contributed by atoms with Gasteiger partial charge in [-0.2, -0.15) is 0 Å². The first-order chi connectivity index (χ1) is 12.2. The summed E-state index contributed by atoms with van der Waals surface area (Å²) in [6, 6.07) is 7.44. The van der Waals surface area contributed by atoms with E-state index in [-0.39, 0.29) is 11.7 Å². The van der Waals surface area contributed by atoms with Gasteiger partial charge in [-0.05, 0) is 62.4 Å². The van der Waals surface area contributed by atoms with Crippen LogP contribution in [0, 0.1) is 5.82 Å². The molecule has 130 valence electrons. The molecule has 1 aromatic carbocycles. The van der Waals surface area contributed by atoms with E-state index in [1.807, 2.05) is 0 Å². The molecule has 2 N–H and O–H groups in total. The maximum Gasteiger partial charge on any atom is 0.270 e. The quantitative estimate of drug-likeness (QED) is 0.781. The fourth-order valence-corrected chi connectivity index (χ4v) is 2.77. The molecule has 0 radical (unpaired) electrons. The molecule has 1 amide bonds. The minimum Gasteiger partial charge on any atom is -0.350 e. The van der Waals surface area contributed by atoms with Gasteiger partial charge in [0.25, 0.3) is 5.91 Å². The summed E-state index contributed by atoms with van der Waals surface area (Å²) in [5.74, 6) is -0.233. The van der Waals surface area contributed by atoms with E-state index in [0.717, 1.165) is 19.3 Å². The normalized spacial score (nSPS) is 13.9. The molecule has 0 fully saturated rings. The van der Waals surface area contributed by atoms with E-state index < -0.39 is 0 Å². The number of carbonyl (C=O) groups excluding carboxylic acids is 1. The average Bonchev–Trinajstić information content (AvgIpc) is 2.65. The molecule has 0 spiro atoms. The van der Waals surface area contributed by atoms with Gasteiger partial charge in [0.2, 0.25) is 5.95 Å². The number of nitrogens with one attached hydrogen (secondary N) is 2. The SMILES string of the molecule is O=C(NCCC1=CCCCC1)c1ccnc(Nc2ccc(F)cc2)n1. The van der Waals surface area contributed by atoms with E-state index in [0.29, 0.717) is 23.9 Å². The van der Waals surface area contributed by atoms with Crippen LogP contribution in [-0.4, -0.2) is 22.4 Å². The molecule has 0 bridgehead atoms. The van der Waals surface area contributed by atoms with Gasteiger partial charge in [-0.25, -0.2) is 14.4 Å². The Morgan fingerprint density at radius 2 is 2.00 bits per heavy atom. The maximum absolute atomic E-state index is 12.9. The molecule has 0 saturated heterocycles. The molecule has 1 heterocycles. The van der Waals surface area contributed by atoms with Crippen LogP contribution in [0.1, 0.15) is 42.6 Å². The molecule has 0 saturated carbocycles. The second-order valence-electron chi connectivity index (χ2n) is 6.01. The fraction of sp³-hybridized carbons (Fsp3) is 0.316. The van der Waals surface area contributed by atoms with Crippen molar-refractivity contribution in [1.29, 1.82) is 0 Å². The first-order valence-electron chi connectivity index (χ1n) is 8.52. The standard InChI is InChI=1S/C19H21FN4O/c20-15-6-8-16(9-7-15)23-19-22-13-11-17(24-19)18(25)21-12-10-14-4-2-1-3-5-14/h4,6-9,11,13H,1-3,5,10,12H2,(H,21,25)(H,22,23,24). The molecule has 0 atom stereocenters. The second kappa shape index (κ2) is 8.37. The van der Waals surface area contributed by atoms with Crippen molar-refractivity contribution in [3.05, 3.63) is 59.7 Å². The van der Waals surface area contributed by atoms with Crippen LogP contribution < -0.4 is 10.6 Å². The molecule has 1 aromatic heterocycles. The van der Waals surface area contributed by atoms with Crippen molar-refractivity contribution in [3.8, 4) is 0 Å². The monoisotopic (exact) mass is 340 g/mol. The number of carbonyl (C=O) groups is 1. The van der Waals surface area contributed by atoms with E-state index >= 15 is 0 Å². The van der Waals surface area contributed by atoms with Gasteiger partial charge in [-0.15, -0.1) is 0 Å². The zero-order valence-electron chi connectivity index (χ0n) is 14.0. The molecular weight excluding hydrogens is 319 g/mol. The summed E-state index contributed by atoms with van der Waals surface area (Å²) < 4.78 is 12.9. The Bertz CT molecular complexity index is 758. The first-order valence-corrected chi connectivity index (χ1v) is 8.52. The maximum atomic E-state index is 12.9. The van der Waals surface area contributed by atoms with E-state index in [4.69, 9.17) is 0 Å². The number of anilines is 2. The Balaban J connectivity index is 1.55. The summed E-state index contributed by atoms with van der Waals surface area (Å²) in [4.78, 5) is 20.5. The van der Waals surface area contributed by atoms with Crippen molar-refractivity contribution in [2.24, 2.45) is 0 Å². The van der Waals surface area contributed by atoms with Gasteiger partial charge in [0.1, 0.15) is 11.5 Å². The number of rotatable bonds is 6. The van der Waals surface area contributed by atoms with Gasteiger partial charge < -0.3 is 10.6 Å². The Kier molecular flexibility index (Phi) is 5.72. The van der Waals surface area contributed by atoms with Gasteiger partial charge in [-0.1, -0.05) is 11.6 Å². The van der Waals surface area contributed by atoms with Crippen LogP contribution in [0.25, 0.3) is 0 Å². The lowest BCUT2D eigenvalue weighted by atomic mass is 9.97. The van der Waals surface area contributed by atoms with E-state index in [1.165, 1.54) is 36.7 Å². The van der Waals surface area contributed by atoms with Crippen LogP contribution >= 0.6 is 0 Å². The van der Waals surface area contributed by atoms with Gasteiger partial charge in [0.05, 0.1) is 0 Å². The number of hydrogen-bond acceptors (Lipinski definition) is 4. The summed E-state index contributed by atoms with van der Waals surface area (Å²) in [5, 5.41) is 5.85. The molecule has 5 nitrogen and oxygen atoms in total. The topological polar surface area (TPSA) is 66.9 Å². The number of aromatic nitrogens is 2. The van der Waals surface area contributed by atoms with Gasteiger partial charge in [0.15, 0.2) is 0 Å². The number of hydrogen-bond donors (Lipinski definition) is 2. The highest BCUT2D eigenvalue weighted by Gasteiger charge is 2.10. The minimum atomic E-state index is -0.312. The summed E-state index contributed by atoms with van der Waals surface area (Å²) >= 11 is 0. The zero-order chi connectivity index (χ0) is 17.5. The van der Waals surface area contributed by atoms with Gasteiger partial charge in [0, 0.05) is 18.4 Å². The van der Waals surface area contributed by atoms with Crippen LogP contribution in [0.4, 0.5) is 16.0 Å². The third-order valence-electron chi connectivity index (χ3n) is 4.11. The number of benzene rings is 1. The van der Waals surface area contributed by atoms with E-state index in [1.54, 1.807) is 18.2 Å². The molecule has 0 unspecified atom stereocenters. The van der Waals surface area contributed by atoms with Crippen LogP contribution in [0.2, 0.25) is 0 Å². The molecule has 1 aliphatic carbocycles. The second-order valence-corrected chi connectivity index (χ2v) is 6.01. The molecule has 0 aliphatic heterocycles. The number of allylic oxidation sites excluding steroid dienone is 1. The van der Waals surface area contributed by atoms with Crippen molar-refractivity contribution in [3.63, 3.8) is 0 Å². The largest absolute Gasteiger partial charge is 0.350 e. The summed E-state index contributed by atoms with van der Waals surface area (Å²) in [7, 11) is 0. The highest BCUT2D eigenvalue weighted by molar-refractivity contribution is 5.92. The number of nitrogens with zero attached hydrogens (tertiary/aromatic N) is 2. The summed E-state index contributed by atoms with van der Waals surface area (Å²) in [6.07, 6.45) is 9.48. The predicted molar refractivity (Wildman–Crippen MR) is 95.2 cm³/mol. The lowest BCUT2D eigenvalue weighted by Crippen LogP contribution is -2.26. The summed E-state index contributed by atoms with van der Waals surface area (Å²) in [6.45, 7) is 0.607. The van der Waals surface area contributed by atoms with Crippen molar-refractivity contribution in [2.45, 2.75) is 32.1 Å². The fourth-order valence-electron chi connectivity index (χ4n) is 2.77. The lowest BCUT2D eigenvalue weighted by Gasteiger charge is -2.13. The van der Waals surface area contributed by atoms with Crippen LogP contribution in [0.15, 0.2) is 48.2 Å². The smallest absolute Gasteiger partial charge is 0.270 e. The third kappa shape index (κ3) is 5.11. The van der Waals surface area contributed by atoms with Crippen LogP contribution in [0.5, 0.6) is 0 Å². The highest BCUT2D eigenvalue weighted by atomic mass is 19.1. The van der Waals surface area contributed by atoms with Gasteiger partial charge in [-0.3, -0.25) is 4.79 Å². The Morgan fingerprint density at radius 3 is 2.76 bits per heavy atom. The third-order valence-corrected chi connectivity index (χ3v) is 4.11. The van der Waals surface area contributed by atoms with E-state index in [2.05, 4.69) is 26.7 Å². The molecule has 1 aliphatic rings. The highest BCUT2D eigenvalue weighted by Crippen LogP contribution is 2.19.